The van der Waals surface area contributed by atoms with Crippen LogP contribution in [0, 0.1) is 6.92 Å². The van der Waals surface area contributed by atoms with Gasteiger partial charge in [0.1, 0.15) is 23.1 Å². The summed E-state index contributed by atoms with van der Waals surface area (Å²) in [6.07, 6.45) is 1.49. The summed E-state index contributed by atoms with van der Waals surface area (Å²) >= 11 is 5.73. The van der Waals surface area contributed by atoms with Gasteiger partial charge in [-0.2, -0.15) is 5.10 Å². The van der Waals surface area contributed by atoms with E-state index in [0.717, 1.165) is 5.82 Å². The molecule has 0 saturated heterocycles. The average molecular weight is 268 g/mol. The summed E-state index contributed by atoms with van der Waals surface area (Å²) < 4.78 is 3.30. The van der Waals surface area contributed by atoms with E-state index >= 15 is 0 Å². The first-order valence-electron chi connectivity index (χ1n) is 5.61. The molecule has 2 aromatic rings. The summed E-state index contributed by atoms with van der Waals surface area (Å²) in [5, 5.41) is 4.34. The zero-order valence-electron chi connectivity index (χ0n) is 10.5. The highest BCUT2D eigenvalue weighted by atomic mass is 35.5. The summed E-state index contributed by atoms with van der Waals surface area (Å²) in [6.45, 7) is 6.10. The molecule has 0 aliphatic heterocycles. The van der Waals surface area contributed by atoms with Gasteiger partial charge >= 0.3 is 0 Å². The first-order chi connectivity index (χ1) is 8.49. The van der Waals surface area contributed by atoms with Gasteiger partial charge in [0.2, 0.25) is 0 Å². The first-order valence-corrected chi connectivity index (χ1v) is 5.99. The Morgan fingerprint density at radius 1 is 1.44 bits per heavy atom. The third-order valence-electron chi connectivity index (χ3n) is 2.60. The number of halogens is 1. The monoisotopic (exact) mass is 267 g/mol. The molecule has 0 unspecified atom stereocenters. The van der Waals surface area contributed by atoms with Crippen molar-refractivity contribution in [1.82, 2.24) is 24.3 Å². The van der Waals surface area contributed by atoms with Gasteiger partial charge in [-0.15, -0.1) is 0 Å². The normalized spacial score (nSPS) is 11.2. The van der Waals surface area contributed by atoms with E-state index in [1.807, 2.05) is 13.8 Å². The standard InChI is InChI=1S/C11H14ClN5O/c1-7(2)17-10(13-6-14-17)5-16-8(3)15-9(12)4-11(16)18/h4,6-7H,5H2,1-3H3. The van der Waals surface area contributed by atoms with Gasteiger partial charge < -0.3 is 0 Å². The van der Waals surface area contributed by atoms with Crippen molar-refractivity contribution in [3.63, 3.8) is 0 Å². The fourth-order valence-electron chi connectivity index (χ4n) is 1.74. The Morgan fingerprint density at radius 3 is 2.78 bits per heavy atom. The van der Waals surface area contributed by atoms with E-state index in [9.17, 15) is 4.79 Å². The molecule has 0 spiro atoms. The molecule has 2 rings (SSSR count). The second-order valence-electron chi connectivity index (χ2n) is 4.27. The van der Waals surface area contributed by atoms with Crippen LogP contribution in [-0.4, -0.2) is 24.3 Å². The minimum atomic E-state index is -0.189. The molecule has 6 nitrogen and oxygen atoms in total. The minimum Gasteiger partial charge on any atom is -0.289 e. The van der Waals surface area contributed by atoms with Gasteiger partial charge in [-0.3, -0.25) is 9.36 Å². The van der Waals surface area contributed by atoms with Crippen molar-refractivity contribution < 1.29 is 0 Å². The minimum absolute atomic E-state index is 0.189. The lowest BCUT2D eigenvalue weighted by molar-refractivity contribution is 0.490. The number of hydrogen-bond donors (Lipinski definition) is 0. The maximum absolute atomic E-state index is 11.8. The number of rotatable bonds is 3. The summed E-state index contributed by atoms with van der Waals surface area (Å²) in [6, 6.07) is 1.49. The Kier molecular flexibility index (Phi) is 3.47. The van der Waals surface area contributed by atoms with Crippen LogP contribution in [0.3, 0.4) is 0 Å². The molecule has 0 aliphatic carbocycles. The zero-order chi connectivity index (χ0) is 13.3. The Morgan fingerprint density at radius 2 is 2.17 bits per heavy atom. The van der Waals surface area contributed by atoms with E-state index in [1.54, 1.807) is 11.6 Å². The molecule has 0 aromatic carbocycles. The lowest BCUT2D eigenvalue weighted by Crippen LogP contribution is -2.25. The second-order valence-corrected chi connectivity index (χ2v) is 4.65. The van der Waals surface area contributed by atoms with Crippen molar-refractivity contribution in [2.75, 3.05) is 0 Å². The van der Waals surface area contributed by atoms with Gasteiger partial charge in [0.25, 0.3) is 5.56 Å². The largest absolute Gasteiger partial charge is 0.289 e. The smallest absolute Gasteiger partial charge is 0.255 e. The van der Waals surface area contributed by atoms with Crippen LogP contribution >= 0.6 is 11.6 Å². The van der Waals surface area contributed by atoms with E-state index in [2.05, 4.69) is 15.1 Å². The highest BCUT2D eigenvalue weighted by molar-refractivity contribution is 6.29. The highest BCUT2D eigenvalue weighted by Gasteiger charge is 2.11. The topological polar surface area (TPSA) is 65.6 Å². The van der Waals surface area contributed by atoms with Crippen LogP contribution in [0.4, 0.5) is 0 Å². The fraction of sp³-hybridized carbons (Fsp3) is 0.455. The third-order valence-corrected chi connectivity index (χ3v) is 2.80. The molecule has 96 valence electrons. The van der Waals surface area contributed by atoms with Crippen LogP contribution in [0.25, 0.3) is 0 Å². The van der Waals surface area contributed by atoms with Crippen LogP contribution in [0.2, 0.25) is 5.15 Å². The summed E-state index contributed by atoms with van der Waals surface area (Å²) in [5.74, 6) is 1.28. The highest BCUT2D eigenvalue weighted by Crippen LogP contribution is 2.08. The maximum Gasteiger partial charge on any atom is 0.255 e. The Labute approximate surface area is 109 Å². The van der Waals surface area contributed by atoms with Crippen molar-refractivity contribution in [2.45, 2.75) is 33.4 Å². The average Bonchev–Trinajstić information content (AvgIpc) is 2.71. The van der Waals surface area contributed by atoms with Crippen molar-refractivity contribution in [2.24, 2.45) is 0 Å². The van der Waals surface area contributed by atoms with Crippen LogP contribution < -0.4 is 5.56 Å². The van der Waals surface area contributed by atoms with Gasteiger partial charge in [0.05, 0.1) is 6.54 Å². The molecule has 0 radical (unpaired) electrons. The molecule has 7 heteroatoms. The van der Waals surface area contributed by atoms with E-state index in [-0.39, 0.29) is 16.8 Å². The van der Waals surface area contributed by atoms with Gasteiger partial charge in [0, 0.05) is 12.1 Å². The predicted octanol–water partition coefficient (Wildman–Crippen LogP) is 1.43. The van der Waals surface area contributed by atoms with E-state index in [0.29, 0.717) is 12.4 Å². The molecule has 0 N–H and O–H groups in total. The van der Waals surface area contributed by atoms with Gasteiger partial charge in [0.15, 0.2) is 0 Å². The predicted molar refractivity (Wildman–Crippen MR) is 67.8 cm³/mol. The molecular formula is C11H14ClN5O. The molecule has 0 amide bonds. The molecule has 2 heterocycles. The summed E-state index contributed by atoms with van der Waals surface area (Å²) in [4.78, 5) is 20.1. The number of aromatic nitrogens is 5. The van der Waals surface area contributed by atoms with Crippen LogP contribution in [-0.2, 0) is 6.54 Å². The summed E-state index contributed by atoms with van der Waals surface area (Å²) in [7, 11) is 0. The molecule has 18 heavy (non-hydrogen) atoms. The molecule has 0 saturated carbocycles. The van der Waals surface area contributed by atoms with Gasteiger partial charge in [-0.05, 0) is 20.8 Å². The van der Waals surface area contributed by atoms with Crippen molar-refractivity contribution in [1.29, 1.82) is 0 Å². The van der Waals surface area contributed by atoms with E-state index in [4.69, 9.17) is 11.6 Å². The quantitative estimate of drug-likeness (QED) is 0.789. The number of nitrogens with zero attached hydrogens (tertiary/aromatic N) is 5. The maximum atomic E-state index is 11.8. The van der Waals surface area contributed by atoms with E-state index in [1.165, 1.54) is 17.0 Å². The third kappa shape index (κ3) is 2.43. The van der Waals surface area contributed by atoms with Crippen molar-refractivity contribution >= 4 is 11.6 Å². The molecule has 0 bridgehead atoms. The first kappa shape index (κ1) is 12.8. The van der Waals surface area contributed by atoms with Crippen molar-refractivity contribution in [3.8, 4) is 0 Å². The van der Waals surface area contributed by atoms with E-state index < -0.39 is 0 Å². The zero-order valence-corrected chi connectivity index (χ0v) is 11.2. The Hall–Kier alpha value is -1.69. The fourth-order valence-corrected chi connectivity index (χ4v) is 1.95. The van der Waals surface area contributed by atoms with Gasteiger partial charge in [-0.1, -0.05) is 11.6 Å². The lowest BCUT2D eigenvalue weighted by atomic mass is 10.4. The Bertz CT molecular complexity index is 616. The number of hydrogen-bond acceptors (Lipinski definition) is 4. The molecule has 2 aromatic heterocycles. The second kappa shape index (κ2) is 4.89. The molecule has 0 aliphatic rings. The lowest BCUT2D eigenvalue weighted by Gasteiger charge is -2.12. The van der Waals surface area contributed by atoms with Crippen LogP contribution in [0.15, 0.2) is 17.2 Å². The molecule has 0 fully saturated rings. The number of aryl methyl sites for hydroxylation is 1. The molecule has 0 atom stereocenters. The van der Waals surface area contributed by atoms with Crippen LogP contribution in [0.1, 0.15) is 31.5 Å². The van der Waals surface area contributed by atoms with Gasteiger partial charge in [-0.25, -0.2) is 14.6 Å². The van der Waals surface area contributed by atoms with Crippen LogP contribution in [0.5, 0.6) is 0 Å². The summed E-state index contributed by atoms with van der Waals surface area (Å²) in [5.41, 5.74) is -0.189. The SMILES string of the molecule is Cc1nc(Cl)cc(=O)n1Cc1ncnn1C(C)C. The molecular weight excluding hydrogens is 254 g/mol. The Balaban J connectivity index is 2.41. The van der Waals surface area contributed by atoms with Crippen molar-refractivity contribution in [3.05, 3.63) is 39.5 Å².